The Morgan fingerprint density at radius 1 is 0.877 bits per heavy atom. The van der Waals surface area contributed by atoms with Gasteiger partial charge in [0.1, 0.15) is 24.0 Å². The van der Waals surface area contributed by atoms with Crippen LogP contribution in [0.25, 0.3) is 0 Å². The molecule has 3 N–H and O–H groups in total. The van der Waals surface area contributed by atoms with Gasteiger partial charge in [-0.1, -0.05) is 72.8 Å². The first-order valence-electron chi connectivity index (χ1n) is 19.7. The third-order valence-electron chi connectivity index (χ3n) is 10.8. The number of amides is 3. The molecule has 0 aromatic heterocycles. The molecule has 1 aliphatic heterocycles. The van der Waals surface area contributed by atoms with E-state index in [1.54, 1.807) is 36.2 Å². The van der Waals surface area contributed by atoms with Crippen molar-refractivity contribution in [3.05, 3.63) is 136 Å². The van der Waals surface area contributed by atoms with E-state index >= 15 is 0 Å². The average Bonchev–Trinajstić information content (AvgIpc) is 3.20. The summed E-state index contributed by atoms with van der Waals surface area (Å²) in [7, 11) is 1.68. The minimum absolute atomic E-state index is 0.125. The molecular weight excluding hydrogens is 721 g/mol. The predicted octanol–water partition coefficient (Wildman–Crippen LogP) is 6.87. The van der Waals surface area contributed by atoms with Gasteiger partial charge in [-0.2, -0.15) is 0 Å². The summed E-state index contributed by atoms with van der Waals surface area (Å²) in [5.74, 6) is -0.733. The number of carbonyl (C=O) groups is 4. The van der Waals surface area contributed by atoms with Crippen molar-refractivity contribution in [2.24, 2.45) is 0 Å². The van der Waals surface area contributed by atoms with Gasteiger partial charge in [-0.25, -0.2) is 9.59 Å². The molecule has 1 heterocycles. The van der Waals surface area contributed by atoms with Crippen LogP contribution in [-0.2, 0) is 46.7 Å². The number of carboxylic acids is 1. The van der Waals surface area contributed by atoms with Gasteiger partial charge in [-0.15, -0.1) is 0 Å². The number of aryl methyl sites for hydroxylation is 1. The van der Waals surface area contributed by atoms with E-state index in [4.69, 9.17) is 9.47 Å². The number of benzene rings is 4. The number of rotatable bonds is 13. The first kappa shape index (κ1) is 41.0. The third-order valence-corrected chi connectivity index (χ3v) is 10.8. The van der Waals surface area contributed by atoms with E-state index in [0.29, 0.717) is 31.7 Å². The standard InChI is InChI=1S/C46H54N4O7/c1-30(49(5)45(55)57-46(2,3)4)27-47-40(25-31-19-23-37(24-20-31)56-29-32-17-21-34(22-18-32)44(53)54)43(52)50-28-36-13-7-6-12-35(36)26-41(50)42(51)48-39-16-10-14-33-11-8-9-15-38(33)39/h6-9,11-13,15,17-24,30,39-41,47H,10,14,16,25-29H2,1-5H3,(H,48,51)(H,53,54)/t30-,39+,40-,41-/m0/s1. The molecule has 0 spiro atoms. The lowest BCUT2D eigenvalue weighted by Crippen LogP contribution is -2.58. The van der Waals surface area contributed by atoms with Gasteiger partial charge in [-0.3, -0.25) is 9.59 Å². The van der Waals surface area contributed by atoms with Gasteiger partial charge in [-0.05, 0) is 111 Å². The number of likely N-dealkylation sites (N-methyl/N-ethyl adjacent to an activating group) is 1. The van der Waals surface area contributed by atoms with Crippen molar-refractivity contribution in [3.8, 4) is 5.75 Å². The topological polar surface area (TPSA) is 138 Å². The van der Waals surface area contributed by atoms with Crippen LogP contribution in [0.1, 0.15) is 90.3 Å². The fraction of sp³-hybridized carbons (Fsp3) is 0.391. The maximum Gasteiger partial charge on any atom is 0.410 e. The van der Waals surface area contributed by atoms with Gasteiger partial charge in [0.15, 0.2) is 0 Å². The monoisotopic (exact) mass is 774 g/mol. The van der Waals surface area contributed by atoms with Gasteiger partial charge < -0.3 is 35.0 Å². The highest BCUT2D eigenvalue weighted by molar-refractivity contribution is 5.91. The number of carboxylic acid groups (broad SMARTS) is 1. The summed E-state index contributed by atoms with van der Waals surface area (Å²) in [4.78, 5) is 56.7. The van der Waals surface area contributed by atoms with Crippen LogP contribution in [0, 0.1) is 0 Å². The Bertz CT molecular complexity index is 2040. The summed E-state index contributed by atoms with van der Waals surface area (Å²) < 4.78 is 11.6. The lowest BCUT2D eigenvalue weighted by molar-refractivity contribution is -0.143. The smallest absolute Gasteiger partial charge is 0.410 e. The Morgan fingerprint density at radius 2 is 1.53 bits per heavy atom. The molecule has 300 valence electrons. The van der Waals surface area contributed by atoms with Crippen molar-refractivity contribution in [3.63, 3.8) is 0 Å². The Kier molecular flexibility index (Phi) is 13.0. The lowest BCUT2D eigenvalue weighted by Gasteiger charge is -2.39. The van der Waals surface area contributed by atoms with Crippen molar-refractivity contribution in [1.29, 1.82) is 0 Å². The number of aromatic carboxylic acids is 1. The van der Waals surface area contributed by atoms with Crippen LogP contribution in [0.4, 0.5) is 4.79 Å². The number of nitrogens with one attached hydrogen (secondary N) is 2. The molecule has 4 aromatic carbocycles. The largest absolute Gasteiger partial charge is 0.489 e. The average molecular weight is 775 g/mol. The van der Waals surface area contributed by atoms with Crippen molar-refractivity contribution in [1.82, 2.24) is 20.4 Å². The van der Waals surface area contributed by atoms with Gasteiger partial charge in [0.05, 0.1) is 17.6 Å². The van der Waals surface area contributed by atoms with Gasteiger partial charge in [0.2, 0.25) is 11.8 Å². The van der Waals surface area contributed by atoms with Gasteiger partial charge >= 0.3 is 12.1 Å². The van der Waals surface area contributed by atoms with Gasteiger partial charge in [0.25, 0.3) is 0 Å². The maximum absolute atomic E-state index is 14.9. The van der Waals surface area contributed by atoms with Crippen LogP contribution in [0.2, 0.25) is 0 Å². The van der Waals surface area contributed by atoms with E-state index in [-0.39, 0.29) is 36.1 Å². The molecule has 0 radical (unpaired) electrons. The summed E-state index contributed by atoms with van der Waals surface area (Å²) >= 11 is 0. The minimum atomic E-state index is -0.983. The van der Waals surface area contributed by atoms with Crippen molar-refractivity contribution < 1.29 is 33.8 Å². The number of nitrogens with zero attached hydrogens (tertiary/aromatic N) is 2. The summed E-state index contributed by atoms with van der Waals surface area (Å²) in [5.41, 5.74) is 5.71. The van der Waals surface area contributed by atoms with Crippen LogP contribution in [-0.4, -0.2) is 76.1 Å². The van der Waals surface area contributed by atoms with Crippen LogP contribution in [0.3, 0.4) is 0 Å². The highest BCUT2D eigenvalue weighted by atomic mass is 16.6. The molecule has 0 unspecified atom stereocenters. The van der Waals surface area contributed by atoms with Crippen molar-refractivity contribution in [2.45, 2.75) is 103 Å². The zero-order valence-electron chi connectivity index (χ0n) is 33.5. The molecule has 0 saturated carbocycles. The first-order valence-corrected chi connectivity index (χ1v) is 19.7. The van der Waals surface area contributed by atoms with E-state index in [1.165, 1.54) is 10.5 Å². The van der Waals surface area contributed by atoms with E-state index < -0.39 is 29.7 Å². The summed E-state index contributed by atoms with van der Waals surface area (Å²) in [6.45, 7) is 8.21. The molecule has 11 heteroatoms. The Morgan fingerprint density at radius 3 is 2.21 bits per heavy atom. The number of hydrogen-bond acceptors (Lipinski definition) is 7. The Balaban J connectivity index is 1.22. The first-order chi connectivity index (χ1) is 27.3. The zero-order valence-corrected chi connectivity index (χ0v) is 33.5. The zero-order chi connectivity index (χ0) is 40.7. The fourth-order valence-corrected chi connectivity index (χ4v) is 7.44. The number of ether oxygens (including phenoxy) is 2. The second kappa shape index (κ2) is 18.1. The molecule has 4 aromatic rings. The maximum atomic E-state index is 14.9. The Hall–Kier alpha value is -5.68. The fourth-order valence-electron chi connectivity index (χ4n) is 7.44. The second-order valence-corrected chi connectivity index (χ2v) is 16.1. The molecule has 4 atom stereocenters. The SMILES string of the molecule is C[C@@H](CN[C@@H](Cc1ccc(OCc2ccc(C(=O)O)cc2)cc1)C(=O)N1Cc2ccccc2C[C@H]1C(=O)N[C@@H]1CCCc2ccccc21)N(C)C(=O)OC(C)(C)C. The Labute approximate surface area is 335 Å². The molecule has 0 fully saturated rings. The van der Waals surface area contributed by atoms with Gasteiger partial charge in [0, 0.05) is 32.6 Å². The molecule has 57 heavy (non-hydrogen) atoms. The molecule has 0 saturated heterocycles. The summed E-state index contributed by atoms with van der Waals surface area (Å²) in [6.07, 6.45) is 3.06. The number of fused-ring (bicyclic) bond motifs is 2. The summed E-state index contributed by atoms with van der Waals surface area (Å²) in [6, 6.07) is 28.4. The van der Waals surface area contributed by atoms with Crippen molar-refractivity contribution in [2.75, 3.05) is 13.6 Å². The normalized spacial score (nSPS) is 17.3. The van der Waals surface area contributed by atoms with E-state index in [9.17, 15) is 24.3 Å². The van der Waals surface area contributed by atoms with E-state index in [2.05, 4.69) is 22.8 Å². The van der Waals surface area contributed by atoms with Crippen LogP contribution < -0.4 is 15.4 Å². The second-order valence-electron chi connectivity index (χ2n) is 16.1. The molecule has 6 rings (SSSR count). The summed E-state index contributed by atoms with van der Waals surface area (Å²) in [5, 5.41) is 16.0. The molecule has 1 aliphatic carbocycles. The highest BCUT2D eigenvalue weighted by Crippen LogP contribution is 2.31. The van der Waals surface area contributed by atoms with Crippen LogP contribution in [0.5, 0.6) is 5.75 Å². The lowest BCUT2D eigenvalue weighted by atomic mass is 9.87. The molecular formula is C46H54N4O7. The minimum Gasteiger partial charge on any atom is -0.489 e. The highest BCUT2D eigenvalue weighted by Gasteiger charge is 2.39. The third kappa shape index (κ3) is 10.6. The van der Waals surface area contributed by atoms with Crippen LogP contribution in [0.15, 0.2) is 97.1 Å². The number of hydrogen-bond donors (Lipinski definition) is 3. The molecule has 2 aliphatic rings. The van der Waals surface area contributed by atoms with Crippen molar-refractivity contribution >= 4 is 23.9 Å². The number of carbonyl (C=O) groups excluding carboxylic acids is 3. The molecule has 3 amide bonds. The molecule has 11 nitrogen and oxygen atoms in total. The van der Waals surface area contributed by atoms with Crippen LogP contribution >= 0.6 is 0 Å². The van der Waals surface area contributed by atoms with E-state index in [0.717, 1.165) is 47.1 Å². The molecule has 0 bridgehead atoms. The van der Waals surface area contributed by atoms with E-state index in [1.807, 2.05) is 88.4 Å². The predicted molar refractivity (Wildman–Crippen MR) is 218 cm³/mol. The quantitative estimate of drug-likeness (QED) is 0.134.